The van der Waals surface area contributed by atoms with E-state index in [1.165, 1.54) is 19.8 Å². The summed E-state index contributed by atoms with van der Waals surface area (Å²) in [5.74, 6) is -1.23. The lowest BCUT2D eigenvalue weighted by Crippen LogP contribution is -2.34. The van der Waals surface area contributed by atoms with Crippen LogP contribution in [0.5, 0.6) is 11.5 Å². The zero-order valence-electron chi connectivity index (χ0n) is 16.7. The molecule has 0 bridgehead atoms. The smallest absolute Gasteiger partial charge is 0.345 e. The molecule has 158 valence electrons. The summed E-state index contributed by atoms with van der Waals surface area (Å²) in [5, 5.41) is 14.2. The maximum atomic E-state index is 12.4. The highest BCUT2D eigenvalue weighted by atomic mass is 16.6. The molecule has 9 nitrogen and oxygen atoms in total. The van der Waals surface area contributed by atoms with Crippen LogP contribution in [0.2, 0.25) is 0 Å². The average Bonchev–Trinajstić information content (AvgIpc) is 2.76. The van der Waals surface area contributed by atoms with E-state index in [9.17, 15) is 19.7 Å². The second kappa shape index (κ2) is 9.25. The first-order valence-corrected chi connectivity index (χ1v) is 9.39. The Morgan fingerprint density at radius 2 is 1.87 bits per heavy atom. The van der Waals surface area contributed by atoms with Gasteiger partial charge in [0.2, 0.25) is 0 Å². The predicted molar refractivity (Wildman–Crippen MR) is 107 cm³/mol. The molecule has 1 N–H and O–H groups in total. The summed E-state index contributed by atoms with van der Waals surface area (Å²) >= 11 is 0. The van der Waals surface area contributed by atoms with Crippen LogP contribution in [0.15, 0.2) is 36.4 Å². The number of nitro benzene ring substituents is 1. The summed E-state index contributed by atoms with van der Waals surface area (Å²) in [4.78, 5) is 35.4. The van der Waals surface area contributed by atoms with Gasteiger partial charge in [-0.3, -0.25) is 14.9 Å². The first-order chi connectivity index (χ1) is 14.4. The molecular weight excluding hydrogens is 392 g/mol. The summed E-state index contributed by atoms with van der Waals surface area (Å²) in [6.07, 6.45) is 2.69. The second-order valence-corrected chi connectivity index (χ2v) is 6.77. The third kappa shape index (κ3) is 4.51. The van der Waals surface area contributed by atoms with Gasteiger partial charge in [0, 0.05) is 6.07 Å². The first-order valence-electron chi connectivity index (χ1n) is 9.39. The van der Waals surface area contributed by atoms with Crippen molar-refractivity contribution in [2.45, 2.75) is 25.3 Å². The maximum absolute atomic E-state index is 12.4. The van der Waals surface area contributed by atoms with Crippen LogP contribution < -0.4 is 14.8 Å². The van der Waals surface area contributed by atoms with Crippen LogP contribution in [0.1, 0.15) is 40.4 Å². The van der Waals surface area contributed by atoms with Gasteiger partial charge in [-0.1, -0.05) is 24.3 Å². The summed E-state index contributed by atoms with van der Waals surface area (Å²) in [6.45, 7) is -0.553. The van der Waals surface area contributed by atoms with E-state index in [1.807, 2.05) is 24.3 Å². The third-order valence-electron chi connectivity index (χ3n) is 4.96. The molecule has 0 saturated carbocycles. The fraction of sp³-hybridized carbons (Fsp3) is 0.333. The number of nitrogens with zero attached hydrogens (tertiary/aromatic N) is 1. The number of benzene rings is 2. The fourth-order valence-corrected chi connectivity index (χ4v) is 3.53. The zero-order chi connectivity index (χ0) is 21.7. The quantitative estimate of drug-likeness (QED) is 0.420. The zero-order valence-corrected chi connectivity index (χ0v) is 16.7. The number of methoxy groups -OCH3 is 2. The van der Waals surface area contributed by atoms with Crippen molar-refractivity contribution in [1.82, 2.24) is 5.32 Å². The number of aryl methyl sites for hydroxylation is 1. The highest BCUT2D eigenvalue weighted by molar-refractivity contribution is 5.96. The lowest BCUT2D eigenvalue weighted by atomic mass is 9.88. The van der Waals surface area contributed by atoms with Crippen LogP contribution >= 0.6 is 0 Å². The van der Waals surface area contributed by atoms with Crippen molar-refractivity contribution >= 4 is 17.6 Å². The predicted octanol–water partition coefficient (Wildman–Crippen LogP) is 2.96. The van der Waals surface area contributed by atoms with Crippen LogP contribution in [0.3, 0.4) is 0 Å². The van der Waals surface area contributed by atoms with E-state index >= 15 is 0 Å². The Balaban J connectivity index is 1.69. The molecule has 1 atom stereocenters. The summed E-state index contributed by atoms with van der Waals surface area (Å²) < 4.78 is 15.1. The van der Waals surface area contributed by atoms with Gasteiger partial charge in [0.05, 0.1) is 31.3 Å². The van der Waals surface area contributed by atoms with Crippen molar-refractivity contribution in [3.05, 3.63) is 63.2 Å². The number of rotatable bonds is 7. The van der Waals surface area contributed by atoms with Crippen LogP contribution in [0, 0.1) is 10.1 Å². The molecule has 0 spiro atoms. The van der Waals surface area contributed by atoms with Crippen LogP contribution in [-0.4, -0.2) is 37.6 Å². The van der Waals surface area contributed by atoms with E-state index in [1.54, 1.807) is 0 Å². The molecule has 1 amide bonds. The number of hydrogen-bond acceptors (Lipinski definition) is 7. The molecule has 0 radical (unpaired) electrons. The normalized spacial score (nSPS) is 14.9. The number of carbonyl (C=O) groups is 2. The van der Waals surface area contributed by atoms with Crippen molar-refractivity contribution in [1.29, 1.82) is 0 Å². The number of carbonyl (C=O) groups excluding carboxylic acids is 2. The van der Waals surface area contributed by atoms with Crippen molar-refractivity contribution in [3.8, 4) is 11.5 Å². The molecule has 2 aromatic rings. The number of ether oxygens (including phenoxy) is 3. The van der Waals surface area contributed by atoms with Gasteiger partial charge >= 0.3 is 5.97 Å². The van der Waals surface area contributed by atoms with Gasteiger partial charge in [-0.05, 0) is 30.4 Å². The second-order valence-electron chi connectivity index (χ2n) is 6.77. The number of hydrogen-bond donors (Lipinski definition) is 1. The molecule has 1 aliphatic carbocycles. The van der Waals surface area contributed by atoms with E-state index in [-0.39, 0.29) is 23.1 Å². The molecule has 1 aliphatic rings. The Morgan fingerprint density at radius 3 is 2.57 bits per heavy atom. The summed E-state index contributed by atoms with van der Waals surface area (Å²) in [5.41, 5.74) is 1.42. The van der Waals surface area contributed by atoms with Crippen molar-refractivity contribution < 1.29 is 28.7 Å². The molecule has 0 fully saturated rings. The lowest BCUT2D eigenvalue weighted by molar-refractivity contribution is -0.385. The number of nitro groups is 1. The van der Waals surface area contributed by atoms with Gasteiger partial charge in [0.25, 0.3) is 11.6 Å². The molecular formula is C21H22N2O7. The first kappa shape index (κ1) is 21.1. The monoisotopic (exact) mass is 414 g/mol. The summed E-state index contributed by atoms with van der Waals surface area (Å²) in [6, 6.07) is 9.96. The molecule has 0 heterocycles. The van der Waals surface area contributed by atoms with Crippen LogP contribution in [-0.2, 0) is 16.0 Å². The van der Waals surface area contributed by atoms with Gasteiger partial charge in [0.15, 0.2) is 18.1 Å². The Hall–Kier alpha value is -3.62. The molecule has 30 heavy (non-hydrogen) atoms. The van der Waals surface area contributed by atoms with Crippen molar-refractivity contribution in [2.24, 2.45) is 0 Å². The molecule has 0 aromatic heterocycles. The Kier molecular flexibility index (Phi) is 6.51. The van der Waals surface area contributed by atoms with Crippen LogP contribution in [0.4, 0.5) is 5.69 Å². The largest absolute Gasteiger partial charge is 0.493 e. The van der Waals surface area contributed by atoms with Gasteiger partial charge in [-0.15, -0.1) is 0 Å². The minimum atomic E-state index is -0.998. The molecule has 0 aliphatic heterocycles. The van der Waals surface area contributed by atoms with Gasteiger partial charge in [-0.25, -0.2) is 4.79 Å². The molecule has 3 rings (SSSR count). The van der Waals surface area contributed by atoms with E-state index in [0.29, 0.717) is 0 Å². The SMILES string of the molecule is COc1cc(C(=O)OCC(=O)N[C@@H]2CCCc3ccccc32)c([N+](=O)[O-])cc1OC. The summed E-state index contributed by atoms with van der Waals surface area (Å²) in [7, 11) is 2.67. The topological polar surface area (TPSA) is 117 Å². The van der Waals surface area contributed by atoms with Crippen molar-refractivity contribution in [2.75, 3.05) is 20.8 Å². The highest BCUT2D eigenvalue weighted by Crippen LogP contribution is 2.35. The molecule has 0 saturated heterocycles. The number of esters is 1. The van der Waals surface area contributed by atoms with E-state index in [4.69, 9.17) is 14.2 Å². The van der Waals surface area contributed by atoms with Gasteiger partial charge in [0.1, 0.15) is 5.56 Å². The minimum absolute atomic E-state index is 0.106. The highest BCUT2D eigenvalue weighted by Gasteiger charge is 2.27. The minimum Gasteiger partial charge on any atom is -0.493 e. The van der Waals surface area contributed by atoms with Crippen molar-refractivity contribution in [3.63, 3.8) is 0 Å². The number of fused-ring (bicyclic) bond motifs is 1. The number of amides is 1. The third-order valence-corrected chi connectivity index (χ3v) is 4.96. The van der Waals surface area contributed by atoms with E-state index < -0.39 is 29.1 Å². The Morgan fingerprint density at radius 1 is 1.17 bits per heavy atom. The average molecular weight is 414 g/mol. The molecule has 0 unspecified atom stereocenters. The lowest BCUT2D eigenvalue weighted by Gasteiger charge is -2.26. The van der Waals surface area contributed by atoms with Gasteiger partial charge < -0.3 is 19.5 Å². The fourth-order valence-electron chi connectivity index (χ4n) is 3.53. The Bertz CT molecular complexity index is 974. The van der Waals surface area contributed by atoms with E-state index in [2.05, 4.69) is 5.32 Å². The number of nitrogens with one attached hydrogen (secondary N) is 1. The van der Waals surface area contributed by atoms with Crippen LogP contribution in [0.25, 0.3) is 0 Å². The molecule has 9 heteroatoms. The molecule has 2 aromatic carbocycles. The van der Waals surface area contributed by atoms with E-state index in [0.717, 1.165) is 37.0 Å². The van der Waals surface area contributed by atoms with Gasteiger partial charge in [-0.2, -0.15) is 0 Å². The Labute approximate surface area is 173 Å². The standard InChI is InChI=1S/C21H22N2O7/c1-28-18-10-15(17(23(26)27)11-19(18)29-2)21(25)30-12-20(24)22-16-9-5-7-13-6-3-4-8-14(13)16/h3-4,6,8,10-11,16H,5,7,9,12H2,1-2H3,(H,22,24)/t16-/m1/s1. The maximum Gasteiger partial charge on any atom is 0.345 e.